The van der Waals surface area contributed by atoms with Crippen molar-refractivity contribution in [2.45, 2.75) is 6.92 Å². The van der Waals surface area contributed by atoms with E-state index in [2.05, 4.69) is 5.32 Å². The van der Waals surface area contributed by atoms with E-state index in [9.17, 15) is 14.4 Å². The number of carbonyl (C=O) groups excluding carboxylic acids is 3. The van der Waals surface area contributed by atoms with Gasteiger partial charge in [0.2, 0.25) is 0 Å². The Bertz CT molecular complexity index is 1030. The van der Waals surface area contributed by atoms with Crippen molar-refractivity contribution in [3.8, 4) is 5.75 Å². The number of esters is 1. The van der Waals surface area contributed by atoms with E-state index in [4.69, 9.17) is 9.47 Å². The van der Waals surface area contributed by atoms with Crippen LogP contribution < -0.4 is 10.1 Å². The highest BCUT2D eigenvalue weighted by atomic mass is 32.1. The van der Waals surface area contributed by atoms with Crippen LogP contribution in [-0.4, -0.2) is 31.4 Å². The van der Waals surface area contributed by atoms with Gasteiger partial charge in [0.05, 0.1) is 12.1 Å². The fourth-order valence-corrected chi connectivity index (χ4v) is 3.63. The van der Waals surface area contributed by atoms with Crippen molar-refractivity contribution in [1.82, 2.24) is 0 Å². The number of aryl methyl sites for hydroxylation is 1. The Morgan fingerprint density at radius 2 is 1.62 bits per heavy atom. The summed E-state index contributed by atoms with van der Waals surface area (Å²) in [6.07, 6.45) is 0. The number of amides is 1. The fraction of sp³-hybridized carbons (Fsp3) is 0.136. The topological polar surface area (TPSA) is 81.7 Å². The molecule has 2 aromatic carbocycles. The van der Waals surface area contributed by atoms with Crippen LogP contribution in [0.4, 0.5) is 5.00 Å². The quantitative estimate of drug-likeness (QED) is 0.469. The molecule has 0 saturated carbocycles. The molecule has 6 nitrogen and oxygen atoms in total. The van der Waals surface area contributed by atoms with Gasteiger partial charge in [-0.2, -0.15) is 0 Å². The van der Waals surface area contributed by atoms with Gasteiger partial charge in [-0.3, -0.25) is 9.59 Å². The highest BCUT2D eigenvalue weighted by molar-refractivity contribution is 7.18. The molecule has 1 N–H and O–H groups in total. The lowest BCUT2D eigenvalue weighted by molar-refractivity contribution is -0.118. The number of hydrogen-bond acceptors (Lipinski definition) is 6. The van der Waals surface area contributed by atoms with Crippen molar-refractivity contribution in [2.75, 3.05) is 19.0 Å². The lowest BCUT2D eigenvalue weighted by atomic mass is 10.0. The van der Waals surface area contributed by atoms with Crippen LogP contribution in [0.15, 0.2) is 60.7 Å². The summed E-state index contributed by atoms with van der Waals surface area (Å²) in [7, 11) is 1.31. The van der Waals surface area contributed by atoms with E-state index < -0.39 is 5.97 Å². The van der Waals surface area contributed by atoms with Crippen LogP contribution in [0.3, 0.4) is 0 Å². The molecule has 0 aliphatic heterocycles. The van der Waals surface area contributed by atoms with Crippen molar-refractivity contribution >= 4 is 34.0 Å². The lowest BCUT2D eigenvalue weighted by Gasteiger charge is -2.07. The molecule has 0 bridgehead atoms. The summed E-state index contributed by atoms with van der Waals surface area (Å²) in [5.41, 5.74) is 1.88. The highest BCUT2D eigenvalue weighted by Gasteiger charge is 2.15. The molecule has 1 heterocycles. The molecule has 7 heteroatoms. The van der Waals surface area contributed by atoms with Gasteiger partial charge in [-0.1, -0.05) is 30.3 Å². The zero-order chi connectivity index (χ0) is 20.8. The van der Waals surface area contributed by atoms with Gasteiger partial charge in [0, 0.05) is 11.1 Å². The molecule has 148 valence electrons. The van der Waals surface area contributed by atoms with Crippen molar-refractivity contribution in [2.24, 2.45) is 0 Å². The summed E-state index contributed by atoms with van der Waals surface area (Å²) < 4.78 is 10.2. The number of thiophene rings is 1. The molecule has 0 aliphatic carbocycles. The highest BCUT2D eigenvalue weighted by Crippen LogP contribution is 2.27. The van der Waals surface area contributed by atoms with E-state index in [-0.39, 0.29) is 18.3 Å². The third-order valence-corrected chi connectivity index (χ3v) is 5.21. The number of rotatable bonds is 7. The van der Waals surface area contributed by atoms with Crippen molar-refractivity contribution in [3.63, 3.8) is 0 Å². The Morgan fingerprint density at radius 1 is 0.966 bits per heavy atom. The van der Waals surface area contributed by atoms with Gasteiger partial charge < -0.3 is 14.8 Å². The second-order valence-electron chi connectivity index (χ2n) is 6.17. The third-order valence-electron chi connectivity index (χ3n) is 4.07. The molecule has 0 atom stereocenters. The Hall–Kier alpha value is -3.45. The predicted molar refractivity (Wildman–Crippen MR) is 111 cm³/mol. The minimum atomic E-state index is -0.436. The second-order valence-corrected chi connectivity index (χ2v) is 7.22. The van der Waals surface area contributed by atoms with Crippen LogP contribution in [-0.2, 0) is 9.53 Å². The Labute approximate surface area is 172 Å². The number of benzene rings is 2. The minimum absolute atomic E-state index is 0.0793. The Balaban J connectivity index is 1.55. The number of carbonyl (C=O) groups is 3. The van der Waals surface area contributed by atoms with Crippen LogP contribution in [0.5, 0.6) is 5.75 Å². The van der Waals surface area contributed by atoms with E-state index in [0.717, 1.165) is 16.9 Å². The van der Waals surface area contributed by atoms with E-state index in [0.29, 0.717) is 26.8 Å². The number of ether oxygens (including phenoxy) is 2. The van der Waals surface area contributed by atoms with Gasteiger partial charge in [0.1, 0.15) is 10.6 Å². The third kappa shape index (κ3) is 5.08. The average Bonchev–Trinajstić information content (AvgIpc) is 3.12. The molecule has 29 heavy (non-hydrogen) atoms. The van der Waals surface area contributed by atoms with Crippen LogP contribution >= 0.6 is 11.3 Å². The van der Waals surface area contributed by atoms with Gasteiger partial charge >= 0.3 is 5.97 Å². The SMILES string of the molecule is COC(=O)c1sc(NC(=O)COc2ccc(C(=O)c3ccccc3)cc2)cc1C. The van der Waals surface area contributed by atoms with Crippen molar-refractivity contribution in [3.05, 3.63) is 82.2 Å². The van der Waals surface area contributed by atoms with E-state index in [1.165, 1.54) is 7.11 Å². The molecular weight excluding hydrogens is 390 g/mol. The standard InChI is InChI=1S/C22H19NO5S/c1-14-12-19(29-21(14)22(26)27-2)23-18(24)13-28-17-10-8-16(9-11-17)20(25)15-6-4-3-5-7-15/h3-12H,13H2,1-2H3,(H,23,24). The first kappa shape index (κ1) is 20.3. The number of hydrogen-bond donors (Lipinski definition) is 1. The second kappa shape index (κ2) is 9.16. The van der Waals surface area contributed by atoms with Crippen molar-refractivity contribution in [1.29, 1.82) is 0 Å². The van der Waals surface area contributed by atoms with E-state index in [1.54, 1.807) is 49.4 Å². The van der Waals surface area contributed by atoms with Crippen LogP contribution in [0.25, 0.3) is 0 Å². The maximum absolute atomic E-state index is 12.4. The summed E-state index contributed by atoms with van der Waals surface area (Å²) in [6, 6.07) is 17.3. The summed E-state index contributed by atoms with van der Waals surface area (Å²) in [5.74, 6) is -0.395. The van der Waals surface area contributed by atoms with Gasteiger partial charge in [0.15, 0.2) is 12.4 Å². The Morgan fingerprint density at radius 3 is 2.28 bits per heavy atom. The van der Waals surface area contributed by atoms with Crippen LogP contribution in [0.1, 0.15) is 31.2 Å². The van der Waals surface area contributed by atoms with Gasteiger partial charge in [-0.05, 0) is 42.8 Å². The monoisotopic (exact) mass is 409 g/mol. The summed E-state index contributed by atoms with van der Waals surface area (Å²) in [4.78, 5) is 36.6. The molecule has 0 radical (unpaired) electrons. The smallest absolute Gasteiger partial charge is 0.348 e. The first-order chi connectivity index (χ1) is 14.0. The molecule has 3 aromatic rings. The molecule has 0 saturated heterocycles. The predicted octanol–water partition coefficient (Wildman–Crippen LogP) is 4.09. The number of ketones is 1. The fourth-order valence-electron chi connectivity index (χ4n) is 2.62. The molecule has 0 fully saturated rings. The largest absolute Gasteiger partial charge is 0.484 e. The summed E-state index contributed by atoms with van der Waals surface area (Å²) >= 11 is 1.15. The minimum Gasteiger partial charge on any atom is -0.484 e. The van der Waals surface area contributed by atoms with Crippen LogP contribution in [0, 0.1) is 6.92 Å². The molecule has 1 amide bonds. The summed E-state index contributed by atoms with van der Waals surface area (Å²) in [6.45, 7) is 1.57. The zero-order valence-corrected chi connectivity index (χ0v) is 16.7. The Kier molecular flexibility index (Phi) is 6.41. The van der Waals surface area contributed by atoms with Gasteiger partial charge in [-0.15, -0.1) is 11.3 Å². The number of nitrogens with one attached hydrogen (secondary N) is 1. The van der Waals surface area contributed by atoms with E-state index in [1.807, 2.05) is 18.2 Å². The van der Waals surface area contributed by atoms with E-state index >= 15 is 0 Å². The average molecular weight is 409 g/mol. The molecule has 3 rings (SSSR count). The molecule has 1 aromatic heterocycles. The van der Waals surface area contributed by atoms with Gasteiger partial charge in [-0.25, -0.2) is 4.79 Å². The first-order valence-electron chi connectivity index (χ1n) is 8.79. The molecule has 0 spiro atoms. The number of methoxy groups -OCH3 is 1. The number of anilines is 1. The lowest BCUT2D eigenvalue weighted by Crippen LogP contribution is -2.19. The molecule has 0 aliphatic rings. The maximum Gasteiger partial charge on any atom is 0.348 e. The van der Waals surface area contributed by atoms with Gasteiger partial charge in [0.25, 0.3) is 5.91 Å². The maximum atomic E-state index is 12.4. The summed E-state index contributed by atoms with van der Waals surface area (Å²) in [5, 5.41) is 3.24. The zero-order valence-electron chi connectivity index (χ0n) is 15.9. The van der Waals surface area contributed by atoms with Crippen molar-refractivity contribution < 1.29 is 23.9 Å². The normalized spacial score (nSPS) is 10.3. The molecule has 0 unspecified atom stereocenters. The molecular formula is C22H19NO5S. The van der Waals surface area contributed by atoms with Crippen LogP contribution in [0.2, 0.25) is 0 Å². The first-order valence-corrected chi connectivity index (χ1v) is 9.61.